The molecule has 0 saturated carbocycles. The maximum Gasteiger partial charge on any atom is 0.296 e. The van der Waals surface area contributed by atoms with Crippen LogP contribution in [-0.2, 0) is 20.9 Å². The molecule has 1 aliphatic rings. The minimum atomic E-state index is -0.712. The van der Waals surface area contributed by atoms with Gasteiger partial charge in [0.05, 0.1) is 12.1 Å². The van der Waals surface area contributed by atoms with Gasteiger partial charge in [0.25, 0.3) is 11.8 Å². The van der Waals surface area contributed by atoms with Crippen LogP contribution in [0.1, 0.15) is 23.6 Å². The van der Waals surface area contributed by atoms with Crippen LogP contribution < -0.4 is 5.32 Å². The first kappa shape index (κ1) is 17.4. The predicted molar refractivity (Wildman–Crippen MR) is 97.0 cm³/mol. The van der Waals surface area contributed by atoms with Gasteiger partial charge < -0.3 is 10.4 Å². The van der Waals surface area contributed by atoms with E-state index >= 15 is 0 Å². The first-order chi connectivity index (χ1) is 12.4. The standard InChI is InChI=1S/C20H18N2O4/c1-12-3-5-14(6-4-12)11-22-19(25)17(18(24)20(22)26)15-7-9-16(10-8-15)21-13(2)23/h3-10,24H,11H2,1-2H3,(H,21,23). The Bertz CT molecular complexity index is 912. The average Bonchev–Trinajstić information content (AvgIpc) is 2.81. The van der Waals surface area contributed by atoms with Crippen molar-refractivity contribution in [3.05, 3.63) is 71.0 Å². The zero-order chi connectivity index (χ0) is 18.8. The lowest BCUT2D eigenvalue weighted by Gasteiger charge is -2.14. The number of rotatable bonds is 4. The number of hydrogen-bond acceptors (Lipinski definition) is 4. The van der Waals surface area contributed by atoms with Crippen molar-refractivity contribution >= 4 is 29.0 Å². The van der Waals surface area contributed by atoms with Crippen LogP contribution in [0.3, 0.4) is 0 Å². The van der Waals surface area contributed by atoms with Crippen LogP contribution in [0.4, 0.5) is 5.69 Å². The summed E-state index contributed by atoms with van der Waals surface area (Å²) in [6, 6.07) is 13.9. The molecule has 6 nitrogen and oxygen atoms in total. The summed E-state index contributed by atoms with van der Waals surface area (Å²) in [6.45, 7) is 3.44. The Kier molecular flexibility index (Phi) is 4.58. The molecule has 0 fully saturated rings. The fourth-order valence-electron chi connectivity index (χ4n) is 2.77. The number of carbonyl (C=O) groups is 3. The second-order valence-corrected chi connectivity index (χ2v) is 6.16. The number of carbonyl (C=O) groups excluding carboxylic acids is 3. The molecule has 2 N–H and O–H groups in total. The van der Waals surface area contributed by atoms with Gasteiger partial charge in [-0.15, -0.1) is 0 Å². The van der Waals surface area contributed by atoms with Crippen molar-refractivity contribution in [1.82, 2.24) is 4.90 Å². The Hall–Kier alpha value is -3.41. The van der Waals surface area contributed by atoms with E-state index in [9.17, 15) is 19.5 Å². The van der Waals surface area contributed by atoms with Gasteiger partial charge in [0.2, 0.25) is 5.91 Å². The van der Waals surface area contributed by atoms with E-state index in [1.807, 2.05) is 31.2 Å². The summed E-state index contributed by atoms with van der Waals surface area (Å²) in [5.41, 5.74) is 2.83. The monoisotopic (exact) mass is 350 g/mol. The molecule has 132 valence electrons. The lowest BCUT2D eigenvalue weighted by atomic mass is 10.0. The maximum absolute atomic E-state index is 12.7. The third-order valence-corrected chi connectivity index (χ3v) is 4.10. The Morgan fingerprint density at radius 2 is 1.62 bits per heavy atom. The van der Waals surface area contributed by atoms with Crippen molar-refractivity contribution in [2.75, 3.05) is 5.32 Å². The molecular formula is C20H18N2O4. The van der Waals surface area contributed by atoms with Gasteiger partial charge in [0.15, 0.2) is 5.76 Å². The normalized spacial score (nSPS) is 14.2. The minimum Gasteiger partial charge on any atom is -0.502 e. The molecule has 26 heavy (non-hydrogen) atoms. The zero-order valence-electron chi connectivity index (χ0n) is 14.4. The van der Waals surface area contributed by atoms with Crippen LogP contribution in [0.2, 0.25) is 0 Å². The zero-order valence-corrected chi connectivity index (χ0v) is 14.4. The number of hydrogen-bond donors (Lipinski definition) is 2. The molecule has 1 aliphatic heterocycles. The number of nitrogens with one attached hydrogen (secondary N) is 1. The average molecular weight is 350 g/mol. The SMILES string of the molecule is CC(=O)Nc1ccc(C2=C(O)C(=O)N(Cc3ccc(C)cc3)C2=O)cc1. The predicted octanol–water partition coefficient (Wildman–Crippen LogP) is 2.79. The van der Waals surface area contributed by atoms with Crippen LogP contribution in [0.25, 0.3) is 5.57 Å². The summed E-state index contributed by atoms with van der Waals surface area (Å²) < 4.78 is 0. The van der Waals surface area contributed by atoms with Crippen molar-refractivity contribution in [2.24, 2.45) is 0 Å². The van der Waals surface area contributed by atoms with E-state index in [1.165, 1.54) is 6.92 Å². The fourth-order valence-corrected chi connectivity index (χ4v) is 2.77. The third kappa shape index (κ3) is 3.35. The molecule has 0 aliphatic carbocycles. The van der Waals surface area contributed by atoms with Crippen molar-refractivity contribution in [1.29, 1.82) is 0 Å². The highest BCUT2D eigenvalue weighted by molar-refractivity contribution is 6.34. The lowest BCUT2D eigenvalue weighted by molar-refractivity contribution is -0.138. The van der Waals surface area contributed by atoms with Crippen LogP contribution in [0.5, 0.6) is 0 Å². The van der Waals surface area contributed by atoms with Crippen LogP contribution in [-0.4, -0.2) is 27.7 Å². The number of aliphatic hydroxyl groups excluding tert-OH is 1. The largest absolute Gasteiger partial charge is 0.502 e. The highest BCUT2D eigenvalue weighted by atomic mass is 16.3. The molecule has 0 atom stereocenters. The molecule has 0 aromatic heterocycles. The first-order valence-corrected chi connectivity index (χ1v) is 8.10. The van der Waals surface area contributed by atoms with Gasteiger partial charge >= 0.3 is 0 Å². The fraction of sp³-hybridized carbons (Fsp3) is 0.150. The van der Waals surface area contributed by atoms with Crippen molar-refractivity contribution < 1.29 is 19.5 Å². The second kappa shape index (κ2) is 6.84. The molecule has 0 bridgehead atoms. The Morgan fingerprint density at radius 1 is 1.00 bits per heavy atom. The van der Waals surface area contributed by atoms with Crippen LogP contribution in [0.15, 0.2) is 54.3 Å². The molecule has 0 spiro atoms. The quantitative estimate of drug-likeness (QED) is 0.830. The lowest BCUT2D eigenvalue weighted by Crippen LogP contribution is -2.31. The third-order valence-electron chi connectivity index (χ3n) is 4.10. The van der Waals surface area contributed by atoms with Crippen molar-refractivity contribution in [3.8, 4) is 0 Å². The summed E-state index contributed by atoms with van der Waals surface area (Å²) in [6.07, 6.45) is 0. The molecule has 0 radical (unpaired) electrons. The summed E-state index contributed by atoms with van der Waals surface area (Å²) in [5.74, 6) is -2.03. The maximum atomic E-state index is 12.7. The number of benzene rings is 2. The summed E-state index contributed by atoms with van der Waals surface area (Å²) in [7, 11) is 0. The smallest absolute Gasteiger partial charge is 0.296 e. The van der Waals surface area contributed by atoms with E-state index in [2.05, 4.69) is 5.32 Å². The van der Waals surface area contributed by atoms with E-state index in [4.69, 9.17) is 0 Å². The second-order valence-electron chi connectivity index (χ2n) is 6.16. The molecule has 0 saturated heterocycles. The van der Waals surface area contributed by atoms with E-state index in [0.717, 1.165) is 16.0 Å². The van der Waals surface area contributed by atoms with Crippen LogP contribution >= 0.6 is 0 Å². The van der Waals surface area contributed by atoms with E-state index in [0.29, 0.717) is 11.3 Å². The topological polar surface area (TPSA) is 86.7 Å². The van der Waals surface area contributed by atoms with E-state index in [1.54, 1.807) is 24.3 Å². The highest BCUT2D eigenvalue weighted by Gasteiger charge is 2.39. The summed E-state index contributed by atoms with van der Waals surface area (Å²) in [5, 5.41) is 12.8. The molecule has 3 rings (SSSR count). The molecule has 2 aromatic carbocycles. The Balaban J connectivity index is 1.84. The summed E-state index contributed by atoms with van der Waals surface area (Å²) in [4.78, 5) is 37.1. The van der Waals surface area contributed by atoms with Gasteiger partial charge in [0.1, 0.15) is 0 Å². The van der Waals surface area contributed by atoms with Gasteiger partial charge in [-0.25, -0.2) is 0 Å². The summed E-state index contributed by atoms with van der Waals surface area (Å²) >= 11 is 0. The van der Waals surface area contributed by atoms with E-state index < -0.39 is 17.6 Å². The molecular weight excluding hydrogens is 332 g/mol. The number of anilines is 1. The minimum absolute atomic E-state index is 0.0310. The van der Waals surface area contributed by atoms with Gasteiger partial charge in [-0.05, 0) is 30.2 Å². The number of imide groups is 1. The van der Waals surface area contributed by atoms with Crippen LogP contribution in [0, 0.1) is 6.92 Å². The van der Waals surface area contributed by atoms with Gasteiger partial charge in [-0.2, -0.15) is 0 Å². The van der Waals surface area contributed by atoms with Gasteiger partial charge in [-0.1, -0.05) is 42.0 Å². The Morgan fingerprint density at radius 3 is 2.19 bits per heavy atom. The number of aliphatic hydroxyl groups is 1. The molecule has 3 amide bonds. The first-order valence-electron chi connectivity index (χ1n) is 8.10. The molecule has 0 unspecified atom stereocenters. The van der Waals surface area contributed by atoms with Gasteiger partial charge in [0, 0.05) is 12.6 Å². The Labute approximate surface area is 150 Å². The van der Waals surface area contributed by atoms with Crippen molar-refractivity contribution in [3.63, 3.8) is 0 Å². The van der Waals surface area contributed by atoms with Gasteiger partial charge in [-0.3, -0.25) is 19.3 Å². The van der Waals surface area contributed by atoms with Crippen molar-refractivity contribution in [2.45, 2.75) is 20.4 Å². The molecule has 2 aromatic rings. The number of nitrogens with zero attached hydrogens (tertiary/aromatic N) is 1. The molecule has 6 heteroatoms. The number of aryl methyl sites for hydroxylation is 1. The number of amides is 3. The highest BCUT2D eigenvalue weighted by Crippen LogP contribution is 2.29. The molecule has 1 heterocycles. The van der Waals surface area contributed by atoms with E-state index in [-0.39, 0.29) is 18.0 Å².